The topological polar surface area (TPSA) is 71.1 Å². The van der Waals surface area contributed by atoms with Gasteiger partial charge in [-0.2, -0.15) is 26.3 Å². The molecule has 13 heteroatoms. The van der Waals surface area contributed by atoms with Crippen molar-refractivity contribution in [1.29, 1.82) is 0 Å². The Kier molecular flexibility index (Phi) is 3.09. The third-order valence-electron chi connectivity index (χ3n) is 2.56. The summed E-state index contributed by atoms with van der Waals surface area (Å²) in [5.74, 6) is -4.11. The van der Waals surface area contributed by atoms with E-state index in [0.29, 0.717) is 0 Å². The van der Waals surface area contributed by atoms with Crippen LogP contribution in [0.1, 0.15) is 13.8 Å². The second-order valence-corrected chi connectivity index (χ2v) is 6.20. The minimum Gasteiger partial charge on any atom is -0.243 e. The second-order valence-electron chi connectivity index (χ2n) is 4.57. The Bertz CT molecular complexity index is 498. The van der Waals surface area contributed by atoms with Gasteiger partial charge in [-0.3, -0.25) is 0 Å². The third-order valence-corrected chi connectivity index (χ3v) is 4.51. The first kappa shape index (κ1) is 16.2. The summed E-state index contributed by atoms with van der Waals surface area (Å²) in [7, 11) is -4.88. The van der Waals surface area contributed by atoms with Crippen LogP contribution in [0.2, 0.25) is 0 Å². The van der Waals surface area contributed by atoms with Crippen molar-refractivity contribution in [2.75, 3.05) is 0 Å². The second kappa shape index (κ2) is 3.99. The maximum atomic E-state index is 12.8. The third kappa shape index (κ3) is 2.08. The highest BCUT2D eigenvalue weighted by molar-refractivity contribution is 7.58. The number of carbonyl (C=O) groups is 2. The lowest BCUT2D eigenvalue weighted by Gasteiger charge is -2.24. The highest BCUT2D eigenvalue weighted by Gasteiger charge is 2.93. The van der Waals surface area contributed by atoms with Crippen LogP contribution in [0.5, 0.6) is 0 Å². The highest BCUT2D eigenvalue weighted by atomic mass is 31.2. The summed E-state index contributed by atoms with van der Waals surface area (Å²) in [5, 5.41) is 0. The molecular weight excluding hydrogens is 337 g/mol. The lowest BCUT2D eigenvalue weighted by molar-refractivity contribution is -0.339. The Morgan fingerprint density at radius 3 is 1.57 bits per heavy atom. The van der Waals surface area contributed by atoms with Gasteiger partial charge in [-0.15, -0.1) is 4.52 Å². The molecule has 120 valence electrons. The first-order valence-electron chi connectivity index (χ1n) is 5.09. The first-order chi connectivity index (χ1) is 9.17. The van der Waals surface area contributed by atoms with Crippen molar-refractivity contribution in [3.63, 3.8) is 0 Å². The van der Waals surface area contributed by atoms with Crippen LogP contribution in [-0.4, -0.2) is 35.5 Å². The zero-order valence-corrected chi connectivity index (χ0v) is 11.1. The molecular formula is C8H6F6O6P+. The molecule has 0 aliphatic carbocycles. The van der Waals surface area contributed by atoms with Gasteiger partial charge in [-0.1, -0.05) is 4.52 Å². The molecule has 2 fully saturated rings. The average molecular weight is 343 g/mol. The molecule has 6 nitrogen and oxygen atoms in total. The summed E-state index contributed by atoms with van der Waals surface area (Å²) in [4.78, 5) is 22.6. The fraction of sp³-hybridized carbons (Fsp3) is 0.750. The van der Waals surface area contributed by atoms with Crippen LogP contribution in [0, 0.1) is 0 Å². The Hall–Kier alpha value is -1.13. The van der Waals surface area contributed by atoms with Gasteiger partial charge in [0.15, 0.2) is 0 Å². The summed E-state index contributed by atoms with van der Waals surface area (Å²) in [6.07, 6.45) is -12.4. The molecule has 0 amide bonds. The van der Waals surface area contributed by atoms with Crippen LogP contribution in [0.4, 0.5) is 26.3 Å². The van der Waals surface area contributed by atoms with Crippen LogP contribution in [0.15, 0.2) is 0 Å². The van der Waals surface area contributed by atoms with E-state index < -0.39 is 43.7 Å². The molecule has 0 aromatic rings. The quantitative estimate of drug-likeness (QED) is 0.497. The predicted molar refractivity (Wildman–Crippen MR) is 50.2 cm³/mol. The van der Waals surface area contributed by atoms with Crippen LogP contribution in [0.3, 0.4) is 0 Å². The zero-order chi connectivity index (χ0) is 16.5. The lowest BCUT2D eigenvalue weighted by atomic mass is 10.0. The van der Waals surface area contributed by atoms with Crippen molar-refractivity contribution in [2.24, 2.45) is 0 Å². The summed E-state index contributed by atoms with van der Waals surface area (Å²) in [6.45, 7) is 2.00. The minimum absolute atomic E-state index is 1.00. The maximum absolute atomic E-state index is 12.8. The van der Waals surface area contributed by atoms with E-state index in [9.17, 15) is 35.9 Å². The molecule has 0 saturated carbocycles. The number of alkyl halides is 6. The maximum Gasteiger partial charge on any atom is 0.678 e. The molecule has 2 aliphatic rings. The van der Waals surface area contributed by atoms with Crippen molar-refractivity contribution in [3.8, 4) is 0 Å². The standard InChI is InChI=1S/C8H6F6O6P/c1-5(2)3(15)17-21(19-5)18-4(16)6(20-21,7(9,10)11)8(12,13)14/h1-2H3/q+1. The van der Waals surface area contributed by atoms with Crippen molar-refractivity contribution in [3.05, 3.63) is 0 Å². The van der Waals surface area contributed by atoms with Gasteiger partial charge in [0.1, 0.15) is 0 Å². The Morgan fingerprint density at radius 2 is 1.29 bits per heavy atom. The normalized spacial score (nSPS) is 31.4. The van der Waals surface area contributed by atoms with Gasteiger partial charge in [0, 0.05) is 0 Å². The van der Waals surface area contributed by atoms with Gasteiger partial charge in [-0.25, -0.2) is 18.6 Å². The number of hydrogen-bond donors (Lipinski definition) is 0. The number of hydrogen-bond acceptors (Lipinski definition) is 6. The van der Waals surface area contributed by atoms with E-state index in [0.717, 1.165) is 13.8 Å². The number of rotatable bonds is 0. The van der Waals surface area contributed by atoms with Crippen molar-refractivity contribution in [2.45, 2.75) is 37.4 Å². The smallest absolute Gasteiger partial charge is 0.243 e. The highest BCUT2D eigenvalue weighted by Crippen LogP contribution is 2.78. The molecule has 1 atom stereocenters. The van der Waals surface area contributed by atoms with E-state index in [2.05, 4.69) is 18.1 Å². The minimum atomic E-state index is -6.19. The first-order valence-corrected chi connectivity index (χ1v) is 6.55. The van der Waals surface area contributed by atoms with E-state index in [1.807, 2.05) is 0 Å². The fourth-order valence-electron chi connectivity index (χ4n) is 1.51. The summed E-state index contributed by atoms with van der Waals surface area (Å²) in [5.41, 5.74) is -7.17. The van der Waals surface area contributed by atoms with E-state index >= 15 is 0 Å². The van der Waals surface area contributed by atoms with Gasteiger partial charge < -0.3 is 0 Å². The van der Waals surface area contributed by atoms with Crippen molar-refractivity contribution >= 4 is 20.1 Å². The molecule has 0 N–H and O–H groups in total. The Balaban J connectivity index is 2.50. The van der Waals surface area contributed by atoms with Gasteiger partial charge in [0.25, 0.3) is 0 Å². The molecule has 0 aromatic heterocycles. The molecule has 0 aromatic carbocycles. The number of halogens is 6. The van der Waals surface area contributed by atoms with Gasteiger partial charge >= 0.3 is 38.1 Å². The fourth-order valence-corrected chi connectivity index (χ4v) is 3.74. The van der Waals surface area contributed by atoms with Gasteiger partial charge in [0.2, 0.25) is 5.60 Å². The molecule has 2 rings (SSSR count). The molecule has 0 bridgehead atoms. The molecule has 2 saturated heterocycles. The van der Waals surface area contributed by atoms with E-state index in [1.54, 1.807) is 0 Å². The summed E-state index contributed by atoms with van der Waals surface area (Å²) in [6, 6.07) is 0. The van der Waals surface area contributed by atoms with Crippen LogP contribution in [0.25, 0.3) is 0 Å². The van der Waals surface area contributed by atoms with Crippen LogP contribution < -0.4 is 0 Å². The summed E-state index contributed by atoms with van der Waals surface area (Å²) < 4.78 is 93.1. The molecule has 21 heavy (non-hydrogen) atoms. The Labute approximate surface area is 112 Å². The largest absolute Gasteiger partial charge is 0.678 e. The summed E-state index contributed by atoms with van der Waals surface area (Å²) >= 11 is 0. The molecule has 2 heterocycles. The predicted octanol–water partition coefficient (Wildman–Crippen LogP) is 2.45. The van der Waals surface area contributed by atoms with Crippen molar-refractivity contribution in [1.82, 2.24) is 0 Å². The van der Waals surface area contributed by atoms with E-state index in [4.69, 9.17) is 0 Å². The van der Waals surface area contributed by atoms with Gasteiger partial charge in [-0.05, 0) is 13.8 Å². The van der Waals surface area contributed by atoms with Gasteiger partial charge in [0.05, 0.1) is 0 Å². The molecule has 1 unspecified atom stereocenters. The van der Waals surface area contributed by atoms with Crippen LogP contribution in [-0.2, 0) is 27.7 Å². The molecule has 1 spiro atoms. The zero-order valence-electron chi connectivity index (χ0n) is 10.2. The number of carbonyl (C=O) groups excluding carboxylic acids is 2. The van der Waals surface area contributed by atoms with Crippen molar-refractivity contribution < 1.29 is 54.0 Å². The molecule has 0 radical (unpaired) electrons. The lowest BCUT2D eigenvalue weighted by Crippen LogP contribution is -2.61. The molecule has 2 aliphatic heterocycles. The van der Waals surface area contributed by atoms with E-state index in [-0.39, 0.29) is 0 Å². The SMILES string of the molecule is CC1(C)O[P+]2(OC1=O)OC(=O)C(C(F)(F)F)(C(F)(F)F)O2. The Morgan fingerprint density at radius 1 is 0.857 bits per heavy atom. The van der Waals surface area contributed by atoms with E-state index in [1.165, 1.54) is 0 Å². The average Bonchev–Trinajstić information content (AvgIpc) is 2.59. The monoisotopic (exact) mass is 343 g/mol. The van der Waals surface area contributed by atoms with Crippen LogP contribution >= 0.6 is 8.17 Å².